The fourth-order valence-electron chi connectivity index (χ4n) is 3.35. The largest absolute Gasteiger partial charge is 0.459 e. The monoisotopic (exact) mass is 315 g/mol. The van der Waals surface area contributed by atoms with Gasteiger partial charge in [-0.1, -0.05) is 26.0 Å². The standard InChI is InChI=1S/C19H25NO3/c1-12-7-8-13-14(9-12)22-15-10-20(11-19(5,6)16(13)15)17(21)23-18(2,3)4/h7-9H,10-11H2,1-6H3. The van der Waals surface area contributed by atoms with Crippen molar-refractivity contribution in [1.29, 1.82) is 0 Å². The molecule has 1 aliphatic rings. The number of hydrogen-bond acceptors (Lipinski definition) is 3. The lowest BCUT2D eigenvalue weighted by Gasteiger charge is -2.38. The zero-order valence-electron chi connectivity index (χ0n) is 14.8. The summed E-state index contributed by atoms with van der Waals surface area (Å²) in [6, 6.07) is 6.29. The molecule has 0 N–H and O–H groups in total. The Morgan fingerprint density at radius 2 is 2.00 bits per heavy atom. The smallest absolute Gasteiger partial charge is 0.410 e. The van der Waals surface area contributed by atoms with Crippen LogP contribution in [-0.4, -0.2) is 23.1 Å². The molecule has 0 radical (unpaired) electrons. The minimum atomic E-state index is -0.494. The highest BCUT2D eigenvalue weighted by Crippen LogP contribution is 2.40. The number of carbonyl (C=O) groups is 1. The second-order valence-electron chi connectivity index (χ2n) is 8.12. The lowest BCUT2D eigenvalue weighted by atomic mass is 9.79. The molecule has 2 heterocycles. The Morgan fingerprint density at radius 1 is 1.30 bits per heavy atom. The van der Waals surface area contributed by atoms with Crippen LogP contribution in [0, 0.1) is 6.92 Å². The van der Waals surface area contributed by atoms with E-state index in [9.17, 15) is 4.79 Å². The van der Waals surface area contributed by atoms with Gasteiger partial charge in [-0.15, -0.1) is 0 Å². The highest BCUT2D eigenvalue weighted by molar-refractivity contribution is 5.85. The molecule has 0 saturated heterocycles. The van der Waals surface area contributed by atoms with Gasteiger partial charge in [0.15, 0.2) is 0 Å². The molecule has 1 amide bonds. The van der Waals surface area contributed by atoms with Crippen LogP contribution in [0.4, 0.5) is 4.79 Å². The van der Waals surface area contributed by atoms with Crippen molar-refractivity contribution in [3.05, 3.63) is 35.1 Å². The summed E-state index contributed by atoms with van der Waals surface area (Å²) in [7, 11) is 0. The molecule has 23 heavy (non-hydrogen) atoms. The molecule has 1 aromatic heterocycles. The predicted molar refractivity (Wildman–Crippen MR) is 90.6 cm³/mol. The number of carbonyl (C=O) groups excluding carboxylic acids is 1. The molecule has 3 rings (SSSR count). The second-order valence-corrected chi connectivity index (χ2v) is 8.12. The number of furan rings is 1. The summed E-state index contributed by atoms with van der Waals surface area (Å²) >= 11 is 0. The molecule has 1 aromatic carbocycles. The van der Waals surface area contributed by atoms with E-state index in [1.54, 1.807) is 4.90 Å². The van der Waals surface area contributed by atoms with E-state index in [2.05, 4.69) is 39.0 Å². The zero-order chi connectivity index (χ0) is 17.0. The van der Waals surface area contributed by atoms with Crippen molar-refractivity contribution in [1.82, 2.24) is 4.90 Å². The maximum atomic E-state index is 12.4. The van der Waals surface area contributed by atoms with Crippen LogP contribution in [0.25, 0.3) is 11.0 Å². The molecule has 124 valence electrons. The number of nitrogens with zero attached hydrogens (tertiary/aromatic N) is 1. The van der Waals surface area contributed by atoms with Crippen LogP contribution in [0.5, 0.6) is 0 Å². The molecular formula is C19H25NO3. The van der Waals surface area contributed by atoms with Gasteiger partial charge in [-0.25, -0.2) is 4.79 Å². The SMILES string of the molecule is Cc1ccc2c3c(oc2c1)CN(C(=O)OC(C)(C)C)CC3(C)C. The number of ether oxygens (including phenoxy) is 1. The number of amides is 1. The summed E-state index contributed by atoms with van der Waals surface area (Å²) in [4.78, 5) is 14.2. The first kappa shape index (κ1) is 15.9. The van der Waals surface area contributed by atoms with E-state index < -0.39 is 5.60 Å². The Labute approximate surface area is 137 Å². The lowest BCUT2D eigenvalue weighted by Crippen LogP contribution is -2.46. The van der Waals surface area contributed by atoms with Crippen LogP contribution in [0.1, 0.15) is 51.5 Å². The lowest BCUT2D eigenvalue weighted by molar-refractivity contribution is 0.0157. The van der Waals surface area contributed by atoms with Crippen LogP contribution in [-0.2, 0) is 16.7 Å². The van der Waals surface area contributed by atoms with E-state index in [1.807, 2.05) is 20.8 Å². The fraction of sp³-hybridized carbons (Fsp3) is 0.526. The first-order chi connectivity index (χ1) is 10.6. The van der Waals surface area contributed by atoms with E-state index in [-0.39, 0.29) is 11.5 Å². The molecule has 0 fully saturated rings. The Bertz CT molecular complexity index is 765. The average Bonchev–Trinajstić information content (AvgIpc) is 2.73. The van der Waals surface area contributed by atoms with Gasteiger partial charge < -0.3 is 9.15 Å². The van der Waals surface area contributed by atoms with Gasteiger partial charge in [0.1, 0.15) is 16.9 Å². The Balaban J connectivity index is 2.00. The van der Waals surface area contributed by atoms with Gasteiger partial charge in [0, 0.05) is 22.9 Å². The number of fused-ring (bicyclic) bond motifs is 3. The number of aryl methyl sites for hydroxylation is 1. The third-order valence-corrected chi connectivity index (χ3v) is 4.17. The highest BCUT2D eigenvalue weighted by atomic mass is 16.6. The average molecular weight is 315 g/mol. The summed E-state index contributed by atoms with van der Waals surface area (Å²) in [5.41, 5.74) is 2.61. The summed E-state index contributed by atoms with van der Waals surface area (Å²) in [5, 5.41) is 1.15. The predicted octanol–water partition coefficient (Wildman–Crippen LogP) is 4.77. The molecule has 1 aliphatic heterocycles. The molecule has 0 unspecified atom stereocenters. The van der Waals surface area contributed by atoms with Crippen molar-refractivity contribution in [2.24, 2.45) is 0 Å². The van der Waals surface area contributed by atoms with E-state index in [4.69, 9.17) is 9.15 Å². The van der Waals surface area contributed by atoms with Gasteiger partial charge in [-0.3, -0.25) is 4.90 Å². The number of rotatable bonds is 0. The van der Waals surface area contributed by atoms with Crippen LogP contribution in [0.2, 0.25) is 0 Å². The van der Waals surface area contributed by atoms with E-state index >= 15 is 0 Å². The van der Waals surface area contributed by atoms with Gasteiger partial charge in [0.25, 0.3) is 0 Å². The second kappa shape index (κ2) is 5.02. The Hall–Kier alpha value is -1.97. The van der Waals surface area contributed by atoms with Gasteiger partial charge in [0.2, 0.25) is 0 Å². The van der Waals surface area contributed by atoms with Crippen LogP contribution >= 0.6 is 0 Å². The summed E-state index contributed by atoms with van der Waals surface area (Å²) in [6.07, 6.45) is -0.284. The Morgan fingerprint density at radius 3 is 2.65 bits per heavy atom. The molecule has 0 spiro atoms. The number of benzene rings is 1. The molecule has 0 bridgehead atoms. The van der Waals surface area contributed by atoms with Gasteiger partial charge in [-0.05, 0) is 39.3 Å². The number of hydrogen-bond donors (Lipinski definition) is 0. The van der Waals surface area contributed by atoms with E-state index in [0.29, 0.717) is 13.1 Å². The van der Waals surface area contributed by atoms with Gasteiger partial charge in [-0.2, -0.15) is 0 Å². The third-order valence-electron chi connectivity index (χ3n) is 4.17. The summed E-state index contributed by atoms with van der Waals surface area (Å²) < 4.78 is 11.6. The third kappa shape index (κ3) is 2.94. The normalized spacial score (nSPS) is 17.2. The molecule has 0 atom stereocenters. The van der Waals surface area contributed by atoms with Crippen LogP contribution in [0.3, 0.4) is 0 Å². The van der Waals surface area contributed by atoms with Crippen molar-refractivity contribution in [2.45, 2.75) is 59.1 Å². The van der Waals surface area contributed by atoms with Gasteiger partial charge >= 0.3 is 6.09 Å². The van der Waals surface area contributed by atoms with E-state index in [0.717, 1.165) is 16.7 Å². The maximum Gasteiger partial charge on any atom is 0.410 e. The van der Waals surface area contributed by atoms with Crippen molar-refractivity contribution >= 4 is 17.1 Å². The minimum absolute atomic E-state index is 0.176. The first-order valence-corrected chi connectivity index (χ1v) is 8.07. The van der Waals surface area contributed by atoms with Crippen LogP contribution < -0.4 is 0 Å². The summed E-state index contributed by atoms with van der Waals surface area (Å²) in [5.74, 6) is 0.868. The van der Waals surface area contributed by atoms with Crippen molar-refractivity contribution < 1.29 is 13.9 Å². The summed E-state index contributed by atoms with van der Waals surface area (Å²) in [6.45, 7) is 13.1. The molecule has 0 aliphatic carbocycles. The van der Waals surface area contributed by atoms with E-state index in [1.165, 1.54) is 11.1 Å². The zero-order valence-corrected chi connectivity index (χ0v) is 14.8. The molecule has 4 heteroatoms. The maximum absolute atomic E-state index is 12.4. The fourth-order valence-corrected chi connectivity index (χ4v) is 3.35. The Kier molecular flexibility index (Phi) is 3.47. The van der Waals surface area contributed by atoms with Gasteiger partial charge in [0.05, 0.1) is 6.54 Å². The molecular weight excluding hydrogens is 290 g/mol. The molecule has 0 saturated carbocycles. The first-order valence-electron chi connectivity index (χ1n) is 8.07. The van der Waals surface area contributed by atoms with Crippen LogP contribution in [0.15, 0.2) is 22.6 Å². The van der Waals surface area contributed by atoms with Crippen molar-refractivity contribution in [3.63, 3.8) is 0 Å². The van der Waals surface area contributed by atoms with Crippen molar-refractivity contribution in [2.75, 3.05) is 6.54 Å². The minimum Gasteiger partial charge on any atom is -0.459 e. The highest BCUT2D eigenvalue weighted by Gasteiger charge is 2.39. The quantitative estimate of drug-likeness (QED) is 0.703. The molecule has 2 aromatic rings. The molecule has 4 nitrogen and oxygen atoms in total. The van der Waals surface area contributed by atoms with Crippen molar-refractivity contribution in [3.8, 4) is 0 Å². The topological polar surface area (TPSA) is 42.7 Å².